The summed E-state index contributed by atoms with van der Waals surface area (Å²) in [5.74, 6) is 0. The third-order valence-electron chi connectivity index (χ3n) is 3.47. The van der Waals surface area contributed by atoms with Crippen LogP contribution < -0.4 is 5.32 Å². The van der Waals surface area contributed by atoms with E-state index in [2.05, 4.69) is 37.1 Å². The zero-order valence-corrected chi connectivity index (χ0v) is 12.7. The second-order valence-corrected chi connectivity index (χ2v) is 5.28. The summed E-state index contributed by atoms with van der Waals surface area (Å²) in [5.41, 5.74) is 1.20. The van der Waals surface area contributed by atoms with E-state index in [1.165, 1.54) is 5.56 Å². The maximum atomic E-state index is 6.26. The molecule has 0 saturated carbocycles. The standard InChI is InChI=1S/C15H25ClN2/c1-5-18(12(2)3)11-10-15(17-4)13-8-6-7-9-14(13)16/h6-9,12,15,17H,5,10-11H2,1-4H3. The molecule has 0 aromatic heterocycles. The van der Waals surface area contributed by atoms with Crippen LogP contribution in [0.1, 0.15) is 38.8 Å². The molecule has 0 spiro atoms. The van der Waals surface area contributed by atoms with Crippen molar-refractivity contribution in [2.24, 2.45) is 0 Å². The zero-order chi connectivity index (χ0) is 13.5. The SMILES string of the molecule is CCN(CCC(NC)c1ccccc1Cl)C(C)C. The van der Waals surface area contributed by atoms with Gasteiger partial charge in [-0.3, -0.25) is 0 Å². The second kappa shape index (κ2) is 7.78. The number of benzene rings is 1. The highest BCUT2D eigenvalue weighted by molar-refractivity contribution is 6.31. The van der Waals surface area contributed by atoms with Gasteiger partial charge in [0.2, 0.25) is 0 Å². The van der Waals surface area contributed by atoms with Gasteiger partial charge in [0.1, 0.15) is 0 Å². The predicted molar refractivity (Wildman–Crippen MR) is 80.3 cm³/mol. The van der Waals surface area contributed by atoms with Crippen LogP contribution >= 0.6 is 11.6 Å². The van der Waals surface area contributed by atoms with Gasteiger partial charge in [0.15, 0.2) is 0 Å². The first-order chi connectivity index (χ1) is 8.60. The molecular weight excluding hydrogens is 244 g/mol. The van der Waals surface area contributed by atoms with Crippen LogP contribution in [-0.2, 0) is 0 Å². The lowest BCUT2D eigenvalue weighted by Gasteiger charge is -2.27. The minimum absolute atomic E-state index is 0.325. The lowest BCUT2D eigenvalue weighted by molar-refractivity contribution is 0.221. The highest BCUT2D eigenvalue weighted by atomic mass is 35.5. The number of halogens is 1. The highest BCUT2D eigenvalue weighted by Crippen LogP contribution is 2.25. The van der Waals surface area contributed by atoms with Gasteiger partial charge in [-0.2, -0.15) is 0 Å². The molecule has 1 aromatic rings. The first kappa shape index (κ1) is 15.5. The van der Waals surface area contributed by atoms with E-state index < -0.39 is 0 Å². The summed E-state index contributed by atoms with van der Waals surface area (Å²) in [6, 6.07) is 9.01. The molecular formula is C15H25ClN2. The van der Waals surface area contributed by atoms with Gasteiger partial charge < -0.3 is 10.2 Å². The maximum absolute atomic E-state index is 6.26. The maximum Gasteiger partial charge on any atom is 0.0453 e. The van der Waals surface area contributed by atoms with Crippen molar-refractivity contribution < 1.29 is 0 Å². The van der Waals surface area contributed by atoms with Gasteiger partial charge in [-0.1, -0.05) is 36.7 Å². The van der Waals surface area contributed by atoms with E-state index in [9.17, 15) is 0 Å². The van der Waals surface area contributed by atoms with Crippen LogP contribution in [0.4, 0.5) is 0 Å². The molecule has 1 atom stereocenters. The fraction of sp³-hybridized carbons (Fsp3) is 0.600. The average Bonchev–Trinajstić information content (AvgIpc) is 2.36. The van der Waals surface area contributed by atoms with Gasteiger partial charge in [0.05, 0.1) is 0 Å². The van der Waals surface area contributed by atoms with Crippen LogP contribution in [0.25, 0.3) is 0 Å². The average molecular weight is 269 g/mol. The van der Waals surface area contributed by atoms with Gasteiger partial charge in [-0.25, -0.2) is 0 Å². The summed E-state index contributed by atoms with van der Waals surface area (Å²) in [6.07, 6.45) is 1.08. The molecule has 1 aromatic carbocycles. The minimum Gasteiger partial charge on any atom is -0.313 e. The fourth-order valence-corrected chi connectivity index (χ4v) is 2.56. The topological polar surface area (TPSA) is 15.3 Å². The van der Waals surface area contributed by atoms with E-state index in [1.54, 1.807) is 0 Å². The minimum atomic E-state index is 0.325. The second-order valence-electron chi connectivity index (χ2n) is 4.87. The van der Waals surface area contributed by atoms with E-state index in [0.717, 1.165) is 24.5 Å². The summed E-state index contributed by atoms with van der Waals surface area (Å²) in [5, 5.41) is 4.22. The lowest BCUT2D eigenvalue weighted by atomic mass is 10.0. The lowest BCUT2D eigenvalue weighted by Crippen LogP contribution is -2.33. The molecule has 102 valence electrons. The van der Waals surface area contributed by atoms with Gasteiger partial charge in [0.25, 0.3) is 0 Å². The number of hydrogen-bond acceptors (Lipinski definition) is 2. The molecule has 0 fully saturated rings. The Morgan fingerprint density at radius 1 is 1.28 bits per heavy atom. The van der Waals surface area contributed by atoms with Crippen molar-refractivity contribution in [3.63, 3.8) is 0 Å². The molecule has 0 aliphatic rings. The third-order valence-corrected chi connectivity index (χ3v) is 3.81. The summed E-state index contributed by atoms with van der Waals surface area (Å²) >= 11 is 6.26. The van der Waals surface area contributed by atoms with Crippen molar-refractivity contribution in [3.05, 3.63) is 34.9 Å². The number of hydrogen-bond donors (Lipinski definition) is 1. The molecule has 0 saturated heterocycles. The summed E-state index contributed by atoms with van der Waals surface area (Å²) in [6.45, 7) is 8.88. The van der Waals surface area contributed by atoms with Crippen LogP contribution in [0, 0.1) is 0 Å². The zero-order valence-electron chi connectivity index (χ0n) is 11.9. The molecule has 2 nitrogen and oxygen atoms in total. The molecule has 0 amide bonds. The summed E-state index contributed by atoms with van der Waals surface area (Å²) in [7, 11) is 2.00. The molecule has 0 bridgehead atoms. The number of nitrogens with zero attached hydrogens (tertiary/aromatic N) is 1. The fourth-order valence-electron chi connectivity index (χ4n) is 2.29. The number of rotatable bonds is 7. The molecule has 1 rings (SSSR count). The third kappa shape index (κ3) is 4.27. The van der Waals surface area contributed by atoms with Gasteiger partial charge in [-0.15, -0.1) is 0 Å². The van der Waals surface area contributed by atoms with Gasteiger partial charge in [0, 0.05) is 23.7 Å². The van der Waals surface area contributed by atoms with Crippen molar-refractivity contribution in [2.45, 2.75) is 39.3 Å². The van der Waals surface area contributed by atoms with E-state index in [0.29, 0.717) is 12.1 Å². The predicted octanol–water partition coefficient (Wildman–Crippen LogP) is 3.72. The first-order valence-electron chi connectivity index (χ1n) is 6.75. The molecule has 0 aliphatic carbocycles. The Labute approximate surface area is 116 Å². The van der Waals surface area contributed by atoms with Crippen LogP contribution in [0.15, 0.2) is 24.3 Å². The van der Waals surface area contributed by atoms with Crippen LogP contribution in [0.3, 0.4) is 0 Å². The molecule has 0 aliphatic heterocycles. The highest BCUT2D eigenvalue weighted by Gasteiger charge is 2.14. The largest absolute Gasteiger partial charge is 0.313 e. The number of nitrogens with one attached hydrogen (secondary N) is 1. The summed E-state index contributed by atoms with van der Waals surface area (Å²) in [4.78, 5) is 2.47. The van der Waals surface area contributed by atoms with Crippen LogP contribution in [-0.4, -0.2) is 31.1 Å². The van der Waals surface area contributed by atoms with Crippen LogP contribution in [0.5, 0.6) is 0 Å². The molecule has 0 radical (unpaired) electrons. The Morgan fingerprint density at radius 3 is 2.44 bits per heavy atom. The van der Waals surface area contributed by atoms with Crippen molar-refractivity contribution >= 4 is 11.6 Å². The molecule has 1 unspecified atom stereocenters. The smallest absolute Gasteiger partial charge is 0.0453 e. The summed E-state index contributed by atoms with van der Waals surface area (Å²) < 4.78 is 0. The monoisotopic (exact) mass is 268 g/mol. The van der Waals surface area contributed by atoms with Crippen LogP contribution in [0.2, 0.25) is 5.02 Å². The van der Waals surface area contributed by atoms with E-state index in [4.69, 9.17) is 11.6 Å². The van der Waals surface area contributed by atoms with Crippen molar-refractivity contribution in [1.29, 1.82) is 0 Å². The molecule has 18 heavy (non-hydrogen) atoms. The molecule has 1 N–H and O–H groups in total. The molecule has 0 heterocycles. The van der Waals surface area contributed by atoms with Crippen molar-refractivity contribution in [1.82, 2.24) is 10.2 Å². The normalized spacial score (nSPS) is 13.3. The van der Waals surface area contributed by atoms with Gasteiger partial charge >= 0.3 is 0 Å². The quantitative estimate of drug-likeness (QED) is 0.811. The Hall–Kier alpha value is -0.570. The van der Waals surface area contributed by atoms with Gasteiger partial charge in [-0.05, 0) is 45.5 Å². The van der Waals surface area contributed by atoms with E-state index in [-0.39, 0.29) is 0 Å². The van der Waals surface area contributed by atoms with E-state index in [1.807, 2.05) is 25.2 Å². The Balaban J connectivity index is 2.66. The van der Waals surface area contributed by atoms with Crippen molar-refractivity contribution in [2.75, 3.05) is 20.1 Å². The molecule has 3 heteroatoms. The van der Waals surface area contributed by atoms with E-state index >= 15 is 0 Å². The Morgan fingerprint density at radius 2 is 1.94 bits per heavy atom. The Bertz CT molecular complexity index is 352. The van der Waals surface area contributed by atoms with Crippen molar-refractivity contribution in [3.8, 4) is 0 Å². The Kier molecular flexibility index (Phi) is 6.69. The first-order valence-corrected chi connectivity index (χ1v) is 7.13.